The van der Waals surface area contributed by atoms with E-state index >= 15 is 0 Å². The van der Waals surface area contributed by atoms with Gasteiger partial charge in [0.25, 0.3) is 17.7 Å². The number of fused-ring (bicyclic) bond motifs is 1. The molecule has 0 aromatic heterocycles. The first-order valence-electron chi connectivity index (χ1n) is 7.75. The Hall–Kier alpha value is -2.25. The third-order valence-electron chi connectivity index (χ3n) is 4.28. The molecule has 1 fully saturated rings. The highest BCUT2D eigenvalue weighted by Gasteiger charge is 2.33. The van der Waals surface area contributed by atoms with Crippen LogP contribution in [-0.4, -0.2) is 73.8 Å². The molecular formula is C16H20N4O3. The van der Waals surface area contributed by atoms with Crippen molar-refractivity contribution in [3.8, 4) is 0 Å². The maximum Gasteiger partial charge on any atom is 0.261 e. The maximum absolute atomic E-state index is 12.2. The molecule has 1 aromatic carbocycles. The van der Waals surface area contributed by atoms with Crippen molar-refractivity contribution in [2.75, 3.05) is 46.3 Å². The molecule has 0 atom stereocenters. The van der Waals surface area contributed by atoms with Gasteiger partial charge < -0.3 is 10.6 Å². The molecule has 0 radical (unpaired) electrons. The first-order chi connectivity index (χ1) is 11.1. The van der Waals surface area contributed by atoms with Gasteiger partial charge in [-0.2, -0.15) is 0 Å². The van der Waals surface area contributed by atoms with Crippen LogP contribution in [0.2, 0.25) is 0 Å². The van der Waals surface area contributed by atoms with Crippen LogP contribution in [0.15, 0.2) is 18.2 Å². The second-order valence-electron chi connectivity index (χ2n) is 5.78. The highest BCUT2D eigenvalue weighted by Crippen LogP contribution is 2.22. The third-order valence-corrected chi connectivity index (χ3v) is 4.28. The molecule has 3 rings (SSSR count). The Morgan fingerprint density at radius 3 is 2.61 bits per heavy atom. The molecule has 7 heteroatoms. The largest absolute Gasteiger partial charge is 0.351 e. The third kappa shape index (κ3) is 3.11. The van der Waals surface area contributed by atoms with Crippen LogP contribution in [-0.2, 0) is 0 Å². The van der Waals surface area contributed by atoms with E-state index in [1.54, 1.807) is 12.1 Å². The number of rotatable bonds is 4. The summed E-state index contributed by atoms with van der Waals surface area (Å²) in [5.41, 5.74) is 1.06. The van der Waals surface area contributed by atoms with Crippen LogP contribution in [0.1, 0.15) is 31.1 Å². The fraction of sp³-hybridized carbons (Fsp3) is 0.438. The van der Waals surface area contributed by atoms with E-state index in [9.17, 15) is 14.4 Å². The molecule has 23 heavy (non-hydrogen) atoms. The lowest BCUT2D eigenvalue weighted by Crippen LogP contribution is -2.46. The van der Waals surface area contributed by atoms with Crippen LogP contribution in [0, 0.1) is 0 Å². The van der Waals surface area contributed by atoms with Crippen molar-refractivity contribution in [1.82, 2.24) is 20.4 Å². The monoisotopic (exact) mass is 316 g/mol. The van der Waals surface area contributed by atoms with Crippen LogP contribution >= 0.6 is 0 Å². The number of carbonyl (C=O) groups is 3. The van der Waals surface area contributed by atoms with Gasteiger partial charge in [-0.1, -0.05) is 0 Å². The van der Waals surface area contributed by atoms with E-state index in [0.717, 1.165) is 37.6 Å². The molecular weight excluding hydrogens is 296 g/mol. The summed E-state index contributed by atoms with van der Waals surface area (Å²) in [7, 11) is 1.44. The van der Waals surface area contributed by atoms with Crippen molar-refractivity contribution >= 4 is 17.7 Å². The van der Waals surface area contributed by atoms with Crippen molar-refractivity contribution in [1.29, 1.82) is 0 Å². The zero-order valence-corrected chi connectivity index (χ0v) is 13.1. The summed E-state index contributed by atoms with van der Waals surface area (Å²) >= 11 is 0. The van der Waals surface area contributed by atoms with Crippen molar-refractivity contribution in [2.24, 2.45) is 0 Å². The first kappa shape index (κ1) is 15.6. The van der Waals surface area contributed by atoms with Crippen molar-refractivity contribution in [3.05, 3.63) is 34.9 Å². The van der Waals surface area contributed by atoms with Gasteiger partial charge in [-0.05, 0) is 18.2 Å². The number of hydrogen-bond donors (Lipinski definition) is 2. The Kier molecular flexibility index (Phi) is 4.40. The Morgan fingerprint density at radius 2 is 1.87 bits per heavy atom. The quantitative estimate of drug-likeness (QED) is 0.735. The Balaban J connectivity index is 1.60. The predicted octanol–water partition coefficient (Wildman–Crippen LogP) is -0.453. The fourth-order valence-corrected chi connectivity index (χ4v) is 2.87. The van der Waals surface area contributed by atoms with Gasteiger partial charge >= 0.3 is 0 Å². The van der Waals surface area contributed by atoms with Gasteiger partial charge in [0.2, 0.25) is 0 Å². The molecule has 0 unspecified atom stereocenters. The Bertz CT molecular complexity index is 653. The van der Waals surface area contributed by atoms with E-state index in [4.69, 9.17) is 0 Å². The molecule has 0 aliphatic carbocycles. The molecule has 122 valence electrons. The minimum atomic E-state index is -0.361. The number of hydrogen-bond acceptors (Lipinski definition) is 5. The number of nitrogens with one attached hydrogen (secondary N) is 2. The molecule has 0 saturated carbocycles. The molecule has 2 N–H and O–H groups in total. The minimum Gasteiger partial charge on any atom is -0.351 e. The average molecular weight is 316 g/mol. The standard InChI is InChI=1S/C16H20N4O3/c1-19-15(22)12-3-2-11(10-13(12)16(19)23)14(21)18-6-9-20-7-4-17-5-8-20/h2-3,10,17H,4-9H2,1H3,(H,18,21). The highest BCUT2D eigenvalue weighted by molar-refractivity contribution is 6.21. The maximum atomic E-state index is 12.2. The summed E-state index contributed by atoms with van der Waals surface area (Å²) in [6.07, 6.45) is 0. The topological polar surface area (TPSA) is 81.8 Å². The Labute approximate surface area is 134 Å². The minimum absolute atomic E-state index is 0.224. The fourth-order valence-electron chi connectivity index (χ4n) is 2.87. The summed E-state index contributed by atoms with van der Waals surface area (Å²) in [5, 5.41) is 6.15. The van der Waals surface area contributed by atoms with Gasteiger partial charge in [0.1, 0.15) is 0 Å². The van der Waals surface area contributed by atoms with E-state index in [0.29, 0.717) is 23.2 Å². The summed E-state index contributed by atoms with van der Waals surface area (Å²) in [4.78, 5) is 39.4. The van der Waals surface area contributed by atoms with E-state index in [1.807, 2.05) is 0 Å². The van der Waals surface area contributed by atoms with Crippen molar-refractivity contribution in [3.63, 3.8) is 0 Å². The summed E-state index contributed by atoms with van der Waals surface area (Å²) in [6, 6.07) is 4.63. The summed E-state index contributed by atoms with van der Waals surface area (Å²) < 4.78 is 0. The number of imide groups is 1. The molecule has 0 bridgehead atoms. The second-order valence-corrected chi connectivity index (χ2v) is 5.78. The highest BCUT2D eigenvalue weighted by atomic mass is 16.2. The lowest BCUT2D eigenvalue weighted by Gasteiger charge is -2.27. The molecule has 2 heterocycles. The van der Waals surface area contributed by atoms with Crippen LogP contribution in [0.4, 0.5) is 0 Å². The number of piperazine rings is 1. The van der Waals surface area contributed by atoms with E-state index < -0.39 is 0 Å². The number of amides is 3. The molecule has 2 aliphatic heterocycles. The normalized spacial score (nSPS) is 18.2. The Morgan fingerprint density at radius 1 is 1.17 bits per heavy atom. The van der Waals surface area contributed by atoms with Crippen LogP contribution in [0.3, 0.4) is 0 Å². The smallest absolute Gasteiger partial charge is 0.261 e. The van der Waals surface area contributed by atoms with Gasteiger partial charge in [0.15, 0.2) is 0 Å². The molecule has 7 nitrogen and oxygen atoms in total. The van der Waals surface area contributed by atoms with Crippen LogP contribution < -0.4 is 10.6 Å². The summed E-state index contributed by atoms with van der Waals surface area (Å²) in [5.74, 6) is -0.908. The number of carbonyl (C=O) groups excluding carboxylic acids is 3. The lowest BCUT2D eigenvalue weighted by atomic mass is 10.1. The molecule has 3 amide bonds. The zero-order valence-electron chi connectivity index (χ0n) is 13.1. The van der Waals surface area contributed by atoms with Gasteiger partial charge in [0, 0.05) is 51.9 Å². The van der Waals surface area contributed by atoms with E-state index in [-0.39, 0.29) is 17.7 Å². The first-order valence-corrected chi connectivity index (χ1v) is 7.75. The molecule has 0 spiro atoms. The second kappa shape index (κ2) is 6.47. The van der Waals surface area contributed by atoms with E-state index in [1.165, 1.54) is 13.1 Å². The van der Waals surface area contributed by atoms with Gasteiger partial charge in [0.05, 0.1) is 11.1 Å². The van der Waals surface area contributed by atoms with E-state index in [2.05, 4.69) is 15.5 Å². The van der Waals surface area contributed by atoms with Gasteiger partial charge in [-0.25, -0.2) is 0 Å². The predicted molar refractivity (Wildman–Crippen MR) is 84.5 cm³/mol. The molecule has 1 aromatic rings. The number of benzene rings is 1. The SMILES string of the molecule is CN1C(=O)c2ccc(C(=O)NCCN3CCNCC3)cc2C1=O. The summed E-state index contributed by atoms with van der Waals surface area (Å²) in [6.45, 7) is 5.28. The lowest BCUT2D eigenvalue weighted by molar-refractivity contribution is 0.0693. The zero-order chi connectivity index (χ0) is 16.4. The average Bonchev–Trinajstić information content (AvgIpc) is 2.80. The van der Waals surface area contributed by atoms with Gasteiger partial charge in [-0.15, -0.1) is 0 Å². The number of nitrogens with zero attached hydrogens (tertiary/aromatic N) is 2. The van der Waals surface area contributed by atoms with Crippen LogP contribution in [0.5, 0.6) is 0 Å². The van der Waals surface area contributed by atoms with Crippen LogP contribution in [0.25, 0.3) is 0 Å². The van der Waals surface area contributed by atoms with Crippen molar-refractivity contribution < 1.29 is 14.4 Å². The van der Waals surface area contributed by atoms with Gasteiger partial charge in [-0.3, -0.25) is 24.2 Å². The molecule has 2 aliphatic rings. The molecule has 1 saturated heterocycles. The van der Waals surface area contributed by atoms with Crippen molar-refractivity contribution in [2.45, 2.75) is 0 Å².